The third kappa shape index (κ3) is 5.96. The van der Waals surface area contributed by atoms with Gasteiger partial charge in [0, 0.05) is 26.3 Å². The van der Waals surface area contributed by atoms with Crippen LogP contribution in [-0.2, 0) is 11.3 Å². The minimum Gasteiger partial charge on any atom is -0.497 e. The molecule has 8 nitrogen and oxygen atoms in total. The molecule has 0 aliphatic carbocycles. The van der Waals surface area contributed by atoms with E-state index < -0.39 is 0 Å². The number of nitrogens with zero attached hydrogens (tertiary/aromatic N) is 3. The van der Waals surface area contributed by atoms with Gasteiger partial charge in [-0.25, -0.2) is 4.98 Å². The summed E-state index contributed by atoms with van der Waals surface area (Å²) < 4.78 is 10.1. The second-order valence-electron chi connectivity index (χ2n) is 4.68. The van der Waals surface area contributed by atoms with E-state index in [9.17, 15) is 0 Å². The summed E-state index contributed by atoms with van der Waals surface area (Å²) in [7, 11) is 5.01. The van der Waals surface area contributed by atoms with Crippen LogP contribution < -0.4 is 15.4 Å². The lowest BCUT2D eigenvalue weighted by atomic mass is 10.2. The Balaban J connectivity index is 0.00000288. The molecule has 0 saturated heterocycles. The standard InChI is InChI=1S/C15H22N6O2.HI/c1-16-15(17-8-9-22-2)18-10-13-19-14(21-20-13)11-4-6-12(23-3)7-5-11;/h4-7H,8-10H2,1-3H3,(H2,16,17,18)(H,19,20,21);1H. The number of hydrogen-bond donors (Lipinski definition) is 3. The van der Waals surface area contributed by atoms with Crippen molar-refractivity contribution in [2.45, 2.75) is 6.54 Å². The Bertz CT molecular complexity index is 629. The molecule has 0 aliphatic heterocycles. The summed E-state index contributed by atoms with van der Waals surface area (Å²) in [5.74, 6) is 2.86. The van der Waals surface area contributed by atoms with Crippen molar-refractivity contribution in [1.29, 1.82) is 0 Å². The molecule has 0 unspecified atom stereocenters. The number of rotatable bonds is 7. The molecule has 1 heterocycles. The lowest BCUT2D eigenvalue weighted by molar-refractivity contribution is 0.203. The van der Waals surface area contributed by atoms with Gasteiger partial charge in [0.1, 0.15) is 11.6 Å². The third-order valence-electron chi connectivity index (χ3n) is 3.13. The predicted molar refractivity (Wildman–Crippen MR) is 104 cm³/mol. The van der Waals surface area contributed by atoms with E-state index in [1.54, 1.807) is 21.3 Å². The van der Waals surface area contributed by atoms with Gasteiger partial charge in [0.25, 0.3) is 0 Å². The zero-order chi connectivity index (χ0) is 16.5. The number of aliphatic imine (C=N–C) groups is 1. The number of halogens is 1. The van der Waals surface area contributed by atoms with Crippen molar-refractivity contribution in [3.63, 3.8) is 0 Å². The molecule has 1 aromatic carbocycles. The van der Waals surface area contributed by atoms with E-state index in [2.05, 4.69) is 30.8 Å². The van der Waals surface area contributed by atoms with Crippen LogP contribution in [0.15, 0.2) is 29.3 Å². The summed E-state index contributed by atoms with van der Waals surface area (Å²) in [4.78, 5) is 8.58. The second-order valence-corrected chi connectivity index (χ2v) is 4.68. The van der Waals surface area contributed by atoms with Gasteiger partial charge in [0.2, 0.25) is 0 Å². The van der Waals surface area contributed by atoms with Crippen LogP contribution in [0.1, 0.15) is 5.82 Å². The molecule has 0 atom stereocenters. The zero-order valence-corrected chi connectivity index (χ0v) is 16.3. The molecular weight excluding hydrogens is 423 g/mol. The number of benzene rings is 1. The smallest absolute Gasteiger partial charge is 0.191 e. The highest BCUT2D eigenvalue weighted by molar-refractivity contribution is 14.0. The lowest BCUT2D eigenvalue weighted by Crippen LogP contribution is -2.38. The molecule has 0 bridgehead atoms. The van der Waals surface area contributed by atoms with Crippen LogP contribution in [0, 0.1) is 0 Å². The largest absolute Gasteiger partial charge is 0.497 e. The lowest BCUT2D eigenvalue weighted by Gasteiger charge is -2.09. The Kier molecular flexibility index (Phi) is 9.08. The van der Waals surface area contributed by atoms with Gasteiger partial charge in [0.05, 0.1) is 20.3 Å². The first kappa shape index (κ1) is 20.2. The number of H-pyrrole nitrogens is 1. The van der Waals surface area contributed by atoms with Crippen LogP contribution >= 0.6 is 24.0 Å². The molecule has 0 saturated carbocycles. The summed E-state index contributed by atoms with van der Waals surface area (Å²) in [5.41, 5.74) is 0.927. The first-order chi connectivity index (χ1) is 11.3. The van der Waals surface area contributed by atoms with Gasteiger partial charge < -0.3 is 20.1 Å². The molecule has 0 fully saturated rings. The van der Waals surface area contributed by atoms with Crippen LogP contribution in [0.4, 0.5) is 0 Å². The SMILES string of the molecule is CN=C(NCCOC)NCc1nc(-c2ccc(OC)cc2)n[nH]1.I. The fourth-order valence-electron chi connectivity index (χ4n) is 1.90. The molecule has 1 aromatic heterocycles. The summed E-state index contributed by atoms with van der Waals surface area (Å²) in [5, 5.41) is 13.4. The van der Waals surface area contributed by atoms with Crippen LogP contribution in [0.2, 0.25) is 0 Å². The molecule has 2 aromatic rings. The first-order valence-electron chi connectivity index (χ1n) is 7.26. The molecule has 2 rings (SSSR count). The van der Waals surface area contributed by atoms with Crippen LogP contribution in [0.5, 0.6) is 5.75 Å². The highest BCUT2D eigenvalue weighted by Gasteiger charge is 2.07. The van der Waals surface area contributed by atoms with Crippen molar-refractivity contribution >= 4 is 29.9 Å². The quantitative estimate of drug-likeness (QED) is 0.258. The average Bonchev–Trinajstić information content (AvgIpc) is 3.07. The van der Waals surface area contributed by atoms with Crippen molar-refractivity contribution < 1.29 is 9.47 Å². The molecule has 132 valence electrons. The highest BCUT2D eigenvalue weighted by atomic mass is 127. The van der Waals surface area contributed by atoms with Gasteiger partial charge in [-0.3, -0.25) is 10.1 Å². The van der Waals surface area contributed by atoms with Crippen molar-refractivity contribution in [1.82, 2.24) is 25.8 Å². The number of aromatic nitrogens is 3. The number of guanidine groups is 1. The van der Waals surface area contributed by atoms with E-state index in [0.29, 0.717) is 31.5 Å². The Morgan fingerprint density at radius 3 is 2.58 bits per heavy atom. The van der Waals surface area contributed by atoms with E-state index in [1.807, 2.05) is 24.3 Å². The Morgan fingerprint density at radius 2 is 1.96 bits per heavy atom. The first-order valence-corrected chi connectivity index (χ1v) is 7.26. The summed E-state index contributed by atoms with van der Waals surface area (Å²) in [6.07, 6.45) is 0. The summed E-state index contributed by atoms with van der Waals surface area (Å²) in [6, 6.07) is 7.60. The van der Waals surface area contributed by atoms with Gasteiger partial charge in [-0.15, -0.1) is 24.0 Å². The van der Waals surface area contributed by atoms with Crippen molar-refractivity contribution in [2.75, 3.05) is 34.4 Å². The third-order valence-corrected chi connectivity index (χ3v) is 3.13. The van der Waals surface area contributed by atoms with E-state index in [0.717, 1.165) is 17.1 Å². The molecule has 0 radical (unpaired) electrons. The van der Waals surface area contributed by atoms with E-state index in [-0.39, 0.29) is 24.0 Å². The van der Waals surface area contributed by atoms with Crippen LogP contribution in [0.3, 0.4) is 0 Å². The van der Waals surface area contributed by atoms with Gasteiger partial charge >= 0.3 is 0 Å². The number of ether oxygens (including phenoxy) is 2. The minimum atomic E-state index is 0. The number of hydrogen-bond acceptors (Lipinski definition) is 5. The van der Waals surface area contributed by atoms with E-state index in [1.165, 1.54) is 0 Å². The topological polar surface area (TPSA) is 96.5 Å². The molecule has 0 aliphatic rings. The second kappa shape index (κ2) is 10.8. The number of nitrogens with one attached hydrogen (secondary N) is 3. The fourth-order valence-corrected chi connectivity index (χ4v) is 1.90. The molecule has 9 heteroatoms. The number of aromatic amines is 1. The maximum atomic E-state index is 5.14. The van der Waals surface area contributed by atoms with Crippen molar-refractivity contribution in [2.24, 2.45) is 4.99 Å². The summed E-state index contributed by atoms with van der Waals surface area (Å²) >= 11 is 0. The monoisotopic (exact) mass is 446 g/mol. The Morgan fingerprint density at radius 1 is 1.21 bits per heavy atom. The van der Waals surface area contributed by atoms with Crippen molar-refractivity contribution in [3.05, 3.63) is 30.1 Å². The highest BCUT2D eigenvalue weighted by Crippen LogP contribution is 2.18. The van der Waals surface area contributed by atoms with Gasteiger partial charge in [-0.1, -0.05) is 0 Å². The normalized spacial score (nSPS) is 10.9. The van der Waals surface area contributed by atoms with Gasteiger partial charge in [-0.2, -0.15) is 5.10 Å². The predicted octanol–water partition coefficient (Wildman–Crippen LogP) is 1.41. The Labute approximate surface area is 158 Å². The number of methoxy groups -OCH3 is 2. The average molecular weight is 446 g/mol. The summed E-state index contributed by atoms with van der Waals surface area (Å²) in [6.45, 7) is 1.80. The molecular formula is C15H23IN6O2. The van der Waals surface area contributed by atoms with Gasteiger partial charge in [0.15, 0.2) is 11.8 Å². The van der Waals surface area contributed by atoms with Crippen LogP contribution in [-0.4, -0.2) is 55.6 Å². The van der Waals surface area contributed by atoms with E-state index in [4.69, 9.17) is 9.47 Å². The van der Waals surface area contributed by atoms with E-state index >= 15 is 0 Å². The fraction of sp³-hybridized carbons (Fsp3) is 0.400. The van der Waals surface area contributed by atoms with Crippen LogP contribution in [0.25, 0.3) is 11.4 Å². The zero-order valence-electron chi connectivity index (χ0n) is 14.0. The maximum Gasteiger partial charge on any atom is 0.191 e. The maximum absolute atomic E-state index is 5.14. The molecule has 0 spiro atoms. The molecule has 0 amide bonds. The van der Waals surface area contributed by atoms with Crippen molar-refractivity contribution in [3.8, 4) is 17.1 Å². The molecule has 3 N–H and O–H groups in total. The van der Waals surface area contributed by atoms with Gasteiger partial charge in [-0.05, 0) is 24.3 Å². The minimum absolute atomic E-state index is 0. The Hall–Kier alpha value is -1.88. The molecule has 24 heavy (non-hydrogen) atoms.